The molecular formula is C14H18N4O4S. The molecule has 1 aromatic rings. The van der Waals surface area contributed by atoms with Crippen molar-refractivity contribution < 1.29 is 18.9 Å². The highest BCUT2D eigenvalue weighted by molar-refractivity contribution is 7.85. The number of carboxylic acid groups (broad SMARTS) is 1. The maximum atomic E-state index is 12.3. The lowest BCUT2D eigenvalue weighted by molar-refractivity contribution is -0.133. The van der Waals surface area contributed by atoms with Crippen molar-refractivity contribution in [3.8, 4) is 0 Å². The number of aliphatic carboxylic acids is 1. The SMILES string of the molecule is N=C(N)c1ccc(N2CCN(CCS(=O)CC(=O)O)C2=O)cc1. The molecule has 1 heterocycles. The Labute approximate surface area is 135 Å². The first-order chi connectivity index (χ1) is 10.9. The van der Waals surface area contributed by atoms with E-state index in [0.717, 1.165) is 0 Å². The minimum atomic E-state index is -1.47. The Kier molecular flexibility index (Phi) is 5.32. The van der Waals surface area contributed by atoms with Crippen molar-refractivity contribution in [2.24, 2.45) is 5.73 Å². The summed E-state index contributed by atoms with van der Waals surface area (Å²) in [5, 5.41) is 15.9. The first kappa shape index (κ1) is 16.9. The zero-order valence-corrected chi connectivity index (χ0v) is 13.2. The van der Waals surface area contributed by atoms with E-state index in [1.807, 2.05) is 0 Å². The van der Waals surface area contributed by atoms with E-state index in [-0.39, 0.29) is 24.2 Å². The highest BCUT2D eigenvalue weighted by atomic mass is 32.2. The molecule has 2 amide bonds. The van der Waals surface area contributed by atoms with Gasteiger partial charge in [0.1, 0.15) is 11.6 Å². The predicted molar refractivity (Wildman–Crippen MR) is 87.3 cm³/mol. The molecule has 0 aliphatic carbocycles. The second-order valence-electron chi connectivity index (χ2n) is 5.06. The Morgan fingerprint density at radius 2 is 1.96 bits per heavy atom. The normalized spacial score (nSPS) is 15.7. The van der Waals surface area contributed by atoms with Gasteiger partial charge in [0, 0.05) is 47.4 Å². The monoisotopic (exact) mass is 338 g/mol. The molecule has 1 saturated heterocycles. The zero-order chi connectivity index (χ0) is 17.0. The maximum Gasteiger partial charge on any atom is 0.324 e. The Morgan fingerprint density at radius 1 is 1.30 bits per heavy atom. The number of amidine groups is 1. The molecule has 0 radical (unpaired) electrons. The molecule has 1 aliphatic heterocycles. The van der Waals surface area contributed by atoms with Gasteiger partial charge in [-0.25, -0.2) is 4.79 Å². The maximum absolute atomic E-state index is 12.3. The molecule has 0 saturated carbocycles. The Bertz CT molecular complexity index is 647. The van der Waals surface area contributed by atoms with Crippen molar-refractivity contribution >= 4 is 34.3 Å². The Hall–Kier alpha value is -2.42. The second-order valence-corrected chi connectivity index (χ2v) is 6.64. The summed E-state index contributed by atoms with van der Waals surface area (Å²) in [5.41, 5.74) is 6.68. The summed E-state index contributed by atoms with van der Waals surface area (Å²) >= 11 is 0. The van der Waals surface area contributed by atoms with Crippen molar-refractivity contribution in [2.75, 3.05) is 36.0 Å². The highest BCUT2D eigenvalue weighted by Crippen LogP contribution is 2.20. The summed E-state index contributed by atoms with van der Waals surface area (Å²) in [5.74, 6) is -1.40. The van der Waals surface area contributed by atoms with Crippen LogP contribution in [0.4, 0.5) is 10.5 Å². The minimum Gasteiger partial charge on any atom is -0.481 e. The van der Waals surface area contributed by atoms with E-state index < -0.39 is 22.5 Å². The van der Waals surface area contributed by atoms with Gasteiger partial charge >= 0.3 is 12.0 Å². The summed E-state index contributed by atoms with van der Waals surface area (Å²) in [4.78, 5) is 25.9. The molecule has 1 fully saturated rings. The van der Waals surface area contributed by atoms with Crippen LogP contribution >= 0.6 is 0 Å². The molecular weight excluding hydrogens is 320 g/mol. The van der Waals surface area contributed by atoms with Crippen molar-refractivity contribution in [1.82, 2.24) is 4.90 Å². The molecule has 1 atom stereocenters. The Balaban J connectivity index is 1.94. The average molecular weight is 338 g/mol. The summed E-state index contributed by atoms with van der Waals surface area (Å²) in [6.07, 6.45) is 0. The van der Waals surface area contributed by atoms with Crippen LogP contribution < -0.4 is 10.6 Å². The van der Waals surface area contributed by atoms with Crippen LogP contribution in [0.5, 0.6) is 0 Å². The standard InChI is InChI=1S/C14H18N4O4S/c15-13(16)10-1-3-11(4-2-10)18-6-5-17(14(18)21)7-8-23(22)9-12(19)20/h1-4H,5-9H2,(H3,15,16)(H,19,20). The molecule has 0 spiro atoms. The quantitative estimate of drug-likeness (QED) is 0.478. The van der Waals surface area contributed by atoms with Crippen LogP contribution in [0.2, 0.25) is 0 Å². The van der Waals surface area contributed by atoms with Gasteiger partial charge in [-0.15, -0.1) is 0 Å². The van der Waals surface area contributed by atoms with Crippen LogP contribution in [0.1, 0.15) is 5.56 Å². The third-order valence-electron chi connectivity index (χ3n) is 3.46. The second kappa shape index (κ2) is 7.23. The van der Waals surface area contributed by atoms with Crippen molar-refractivity contribution in [1.29, 1.82) is 5.41 Å². The van der Waals surface area contributed by atoms with E-state index in [0.29, 0.717) is 24.3 Å². The van der Waals surface area contributed by atoms with Crippen molar-refractivity contribution in [2.45, 2.75) is 0 Å². The largest absolute Gasteiger partial charge is 0.481 e. The first-order valence-corrected chi connectivity index (χ1v) is 8.45. The number of hydrogen-bond acceptors (Lipinski definition) is 4. The summed E-state index contributed by atoms with van der Waals surface area (Å²) in [7, 11) is -1.47. The molecule has 1 aromatic carbocycles. The van der Waals surface area contributed by atoms with E-state index in [2.05, 4.69) is 0 Å². The fourth-order valence-corrected chi connectivity index (χ4v) is 3.12. The predicted octanol–water partition coefficient (Wildman–Crippen LogP) is 0.0460. The number of amides is 2. The summed E-state index contributed by atoms with van der Waals surface area (Å²) in [6, 6.07) is 6.60. The molecule has 1 aliphatic rings. The van der Waals surface area contributed by atoms with E-state index in [9.17, 15) is 13.8 Å². The van der Waals surface area contributed by atoms with Gasteiger partial charge in [-0.05, 0) is 24.3 Å². The third-order valence-corrected chi connectivity index (χ3v) is 4.67. The van der Waals surface area contributed by atoms with Crippen LogP contribution in [0.25, 0.3) is 0 Å². The van der Waals surface area contributed by atoms with E-state index in [1.54, 1.807) is 34.1 Å². The first-order valence-electron chi connectivity index (χ1n) is 6.96. The molecule has 1 unspecified atom stereocenters. The molecule has 23 heavy (non-hydrogen) atoms. The van der Waals surface area contributed by atoms with Crippen LogP contribution in [0.3, 0.4) is 0 Å². The number of hydrogen-bond donors (Lipinski definition) is 3. The number of nitrogens with zero attached hydrogens (tertiary/aromatic N) is 2. The number of anilines is 1. The topological polar surface area (TPSA) is 128 Å². The number of carboxylic acids is 1. The van der Waals surface area contributed by atoms with Crippen LogP contribution in [0.15, 0.2) is 24.3 Å². The van der Waals surface area contributed by atoms with Gasteiger partial charge in [0.05, 0.1) is 0 Å². The average Bonchev–Trinajstić information content (AvgIpc) is 2.85. The summed E-state index contributed by atoms with van der Waals surface area (Å²) < 4.78 is 11.5. The van der Waals surface area contributed by atoms with Crippen molar-refractivity contribution in [3.05, 3.63) is 29.8 Å². The lowest BCUT2D eigenvalue weighted by atomic mass is 10.2. The minimum absolute atomic E-state index is 0.0353. The van der Waals surface area contributed by atoms with Gasteiger partial charge in [0.25, 0.3) is 0 Å². The molecule has 4 N–H and O–H groups in total. The smallest absolute Gasteiger partial charge is 0.324 e. The van der Waals surface area contributed by atoms with Crippen molar-refractivity contribution in [3.63, 3.8) is 0 Å². The lowest BCUT2D eigenvalue weighted by Gasteiger charge is -2.18. The lowest BCUT2D eigenvalue weighted by Crippen LogP contribution is -2.34. The number of nitrogens with one attached hydrogen (secondary N) is 1. The molecule has 0 bridgehead atoms. The van der Waals surface area contributed by atoms with E-state index in [1.165, 1.54) is 0 Å². The zero-order valence-electron chi connectivity index (χ0n) is 12.4. The third kappa shape index (κ3) is 4.28. The highest BCUT2D eigenvalue weighted by Gasteiger charge is 2.29. The molecule has 2 rings (SSSR count). The number of nitrogens with two attached hydrogens (primary N) is 1. The molecule has 0 aromatic heterocycles. The number of urea groups is 1. The van der Waals surface area contributed by atoms with E-state index >= 15 is 0 Å². The number of carbonyl (C=O) groups is 2. The van der Waals surface area contributed by atoms with Gasteiger partial charge in [0.2, 0.25) is 0 Å². The van der Waals surface area contributed by atoms with Crippen LogP contribution in [-0.4, -0.2) is 63.2 Å². The number of rotatable bonds is 7. The van der Waals surface area contributed by atoms with Gasteiger partial charge < -0.3 is 15.7 Å². The Morgan fingerprint density at radius 3 is 2.52 bits per heavy atom. The summed E-state index contributed by atoms with van der Waals surface area (Å²) in [6.45, 7) is 1.27. The van der Waals surface area contributed by atoms with Gasteiger partial charge in [-0.3, -0.25) is 19.3 Å². The molecule has 8 nitrogen and oxygen atoms in total. The fourth-order valence-electron chi connectivity index (χ4n) is 2.27. The fraction of sp³-hybridized carbons (Fsp3) is 0.357. The number of carbonyl (C=O) groups excluding carboxylic acids is 1. The molecule has 124 valence electrons. The number of nitrogen functional groups attached to an aromatic ring is 1. The van der Waals surface area contributed by atoms with Gasteiger partial charge in [-0.2, -0.15) is 0 Å². The van der Waals surface area contributed by atoms with Crippen LogP contribution in [0, 0.1) is 5.41 Å². The van der Waals surface area contributed by atoms with E-state index in [4.69, 9.17) is 16.2 Å². The van der Waals surface area contributed by atoms with Gasteiger partial charge in [-0.1, -0.05) is 0 Å². The van der Waals surface area contributed by atoms with Crippen LogP contribution in [-0.2, 0) is 15.6 Å². The number of benzene rings is 1. The molecule has 9 heteroatoms. The van der Waals surface area contributed by atoms with Gasteiger partial charge in [0.15, 0.2) is 0 Å².